The highest BCUT2D eigenvalue weighted by molar-refractivity contribution is 6.05. The number of carbonyl (C=O) groups is 4. The lowest BCUT2D eigenvalue weighted by atomic mass is 10.0. The van der Waals surface area contributed by atoms with Gasteiger partial charge in [-0.3, -0.25) is 24.6 Å². The number of nitrogens with one attached hydrogen (secondary N) is 1. The normalized spacial score (nSPS) is 23.8. The molecule has 4 aliphatic rings. The second-order valence-corrected chi connectivity index (χ2v) is 10.8. The van der Waals surface area contributed by atoms with E-state index in [2.05, 4.69) is 21.2 Å². The van der Waals surface area contributed by atoms with Gasteiger partial charge in [0.15, 0.2) is 0 Å². The van der Waals surface area contributed by atoms with E-state index in [0.29, 0.717) is 37.7 Å². The zero-order valence-corrected chi connectivity index (χ0v) is 20.6. The summed E-state index contributed by atoms with van der Waals surface area (Å²) in [6.45, 7) is 10.8. The number of imide groups is 1. The van der Waals surface area contributed by atoms with Gasteiger partial charge in [0.1, 0.15) is 11.6 Å². The van der Waals surface area contributed by atoms with E-state index in [1.807, 2.05) is 32.9 Å². The summed E-state index contributed by atoms with van der Waals surface area (Å²) in [6, 6.07) is 5.72. The van der Waals surface area contributed by atoms with Gasteiger partial charge in [0.2, 0.25) is 11.8 Å². The first-order valence-corrected chi connectivity index (χ1v) is 12.3. The average Bonchev–Trinajstić information content (AvgIpc) is 3.08. The van der Waals surface area contributed by atoms with Gasteiger partial charge in [-0.15, -0.1) is 0 Å². The summed E-state index contributed by atoms with van der Waals surface area (Å²) < 4.78 is 5.48. The molecule has 10 nitrogen and oxygen atoms in total. The van der Waals surface area contributed by atoms with E-state index >= 15 is 0 Å². The van der Waals surface area contributed by atoms with Gasteiger partial charge in [0, 0.05) is 69.5 Å². The summed E-state index contributed by atoms with van der Waals surface area (Å²) >= 11 is 0. The van der Waals surface area contributed by atoms with Crippen molar-refractivity contribution >= 4 is 29.5 Å². The van der Waals surface area contributed by atoms with Crippen LogP contribution in [0.2, 0.25) is 0 Å². The molecule has 10 heteroatoms. The number of nitrogens with zero attached hydrogens (tertiary/aromatic N) is 4. The van der Waals surface area contributed by atoms with Crippen LogP contribution in [-0.4, -0.2) is 95.5 Å². The predicted molar refractivity (Wildman–Crippen MR) is 128 cm³/mol. The van der Waals surface area contributed by atoms with Crippen molar-refractivity contribution < 1.29 is 23.9 Å². The molecule has 0 aromatic heterocycles. The van der Waals surface area contributed by atoms with Crippen LogP contribution < -0.4 is 10.2 Å². The van der Waals surface area contributed by atoms with Gasteiger partial charge in [-0.05, 0) is 51.0 Å². The second kappa shape index (κ2) is 8.82. The smallest absolute Gasteiger partial charge is 0.410 e. The maximum absolute atomic E-state index is 12.9. The minimum Gasteiger partial charge on any atom is -0.444 e. The molecule has 4 heterocycles. The summed E-state index contributed by atoms with van der Waals surface area (Å²) in [5, 5.41) is 2.34. The van der Waals surface area contributed by atoms with Gasteiger partial charge in [0.05, 0.1) is 0 Å². The molecular weight excluding hydrogens is 450 g/mol. The molecule has 1 aromatic carbocycles. The zero-order valence-electron chi connectivity index (χ0n) is 20.6. The Morgan fingerprint density at radius 3 is 2.43 bits per heavy atom. The topological polar surface area (TPSA) is 102 Å². The third kappa shape index (κ3) is 4.71. The van der Waals surface area contributed by atoms with Crippen molar-refractivity contribution in [2.75, 3.05) is 44.2 Å². The molecule has 1 N–H and O–H groups in total. The standard InChI is InChI=1S/C25H33N5O5/c1-25(2,3)35-24(34)28-10-8-27(9-11-28)18-14-29(15-18)17-4-5-19-16(12-17)13-30(23(19)33)20-6-7-21(31)26-22(20)32/h4-5,12,18,20H,6-11,13-15H2,1-3H3,(H,26,31,32). The molecule has 4 aliphatic heterocycles. The van der Waals surface area contributed by atoms with Crippen molar-refractivity contribution in [3.63, 3.8) is 0 Å². The number of anilines is 1. The van der Waals surface area contributed by atoms with Crippen LogP contribution in [0.25, 0.3) is 0 Å². The van der Waals surface area contributed by atoms with Crippen LogP contribution in [0.15, 0.2) is 18.2 Å². The molecule has 3 fully saturated rings. The number of benzene rings is 1. The fourth-order valence-corrected chi connectivity index (χ4v) is 5.25. The molecule has 188 valence electrons. The highest BCUT2D eigenvalue weighted by Crippen LogP contribution is 2.32. The van der Waals surface area contributed by atoms with Crippen LogP contribution in [0.3, 0.4) is 0 Å². The maximum Gasteiger partial charge on any atom is 0.410 e. The van der Waals surface area contributed by atoms with Crippen molar-refractivity contribution in [3.05, 3.63) is 29.3 Å². The van der Waals surface area contributed by atoms with E-state index < -0.39 is 11.6 Å². The van der Waals surface area contributed by atoms with E-state index in [-0.39, 0.29) is 30.2 Å². The largest absolute Gasteiger partial charge is 0.444 e. The number of piperazine rings is 1. The number of hydrogen-bond donors (Lipinski definition) is 1. The fraction of sp³-hybridized carbons (Fsp3) is 0.600. The molecule has 35 heavy (non-hydrogen) atoms. The number of hydrogen-bond acceptors (Lipinski definition) is 7. The Morgan fingerprint density at radius 1 is 1.06 bits per heavy atom. The number of fused-ring (bicyclic) bond motifs is 1. The van der Waals surface area contributed by atoms with Gasteiger partial charge < -0.3 is 19.4 Å². The van der Waals surface area contributed by atoms with Crippen molar-refractivity contribution in [2.45, 2.75) is 57.8 Å². The third-order valence-electron chi connectivity index (χ3n) is 7.22. The number of amides is 4. The Kier molecular flexibility index (Phi) is 5.94. The Hall–Kier alpha value is -3.14. The molecule has 5 rings (SSSR count). The van der Waals surface area contributed by atoms with E-state index in [4.69, 9.17) is 4.74 Å². The fourth-order valence-electron chi connectivity index (χ4n) is 5.25. The Labute approximate surface area is 205 Å². The maximum atomic E-state index is 12.9. The number of piperidine rings is 1. The molecule has 1 unspecified atom stereocenters. The SMILES string of the molecule is CC(C)(C)OC(=O)N1CCN(C2CN(c3ccc4c(c3)CN(C3CCC(=O)NC3=O)C4=O)C2)CC1. The summed E-state index contributed by atoms with van der Waals surface area (Å²) in [5.74, 6) is -0.818. The lowest BCUT2D eigenvalue weighted by Crippen LogP contribution is -2.63. The highest BCUT2D eigenvalue weighted by atomic mass is 16.6. The lowest BCUT2D eigenvalue weighted by Gasteiger charge is -2.49. The Bertz CT molecular complexity index is 1050. The van der Waals surface area contributed by atoms with Gasteiger partial charge in [-0.25, -0.2) is 4.79 Å². The van der Waals surface area contributed by atoms with Crippen molar-refractivity contribution in [1.29, 1.82) is 0 Å². The van der Waals surface area contributed by atoms with Crippen LogP contribution in [0, 0.1) is 0 Å². The summed E-state index contributed by atoms with van der Waals surface area (Å²) in [7, 11) is 0. The van der Waals surface area contributed by atoms with Gasteiger partial charge >= 0.3 is 6.09 Å². The van der Waals surface area contributed by atoms with Crippen molar-refractivity contribution in [1.82, 2.24) is 20.0 Å². The van der Waals surface area contributed by atoms with E-state index in [1.54, 1.807) is 9.80 Å². The van der Waals surface area contributed by atoms with Crippen LogP contribution in [0.4, 0.5) is 10.5 Å². The summed E-state index contributed by atoms with van der Waals surface area (Å²) in [6.07, 6.45) is 0.376. The molecule has 0 aliphatic carbocycles. The Balaban J connectivity index is 1.14. The number of carbonyl (C=O) groups excluding carboxylic acids is 4. The molecule has 0 spiro atoms. The molecule has 4 amide bonds. The van der Waals surface area contributed by atoms with Crippen molar-refractivity contribution in [3.8, 4) is 0 Å². The molecule has 0 radical (unpaired) electrons. The molecule has 0 saturated carbocycles. The lowest BCUT2D eigenvalue weighted by molar-refractivity contribution is -0.136. The minimum absolute atomic E-state index is 0.148. The van der Waals surface area contributed by atoms with E-state index in [1.165, 1.54) is 0 Å². The van der Waals surface area contributed by atoms with Crippen LogP contribution in [0.1, 0.15) is 49.5 Å². The number of ether oxygens (including phenoxy) is 1. The Morgan fingerprint density at radius 2 is 1.77 bits per heavy atom. The van der Waals surface area contributed by atoms with Gasteiger partial charge in [-0.1, -0.05) is 0 Å². The third-order valence-corrected chi connectivity index (χ3v) is 7.22. The molecule has 1 aromatic rings. The predicted octanol–water partition coefficient (Wildman–Crippen LogP) is 1.19. The molecule has 3 saturated heterocycles. The average molecular weight is 484 g/mol. The monoisotopic (exact) mass is 483 g/mol. The molecular formula is C25H33N5O5. The van der Waals surface area contributed by atoms with Crippen molar-refractivity contribution in [2.24, 2.45) is 0 Å². The summed E-state index contributed by atoms with van der Waals surface area (Å²) in [4.78, 5) is 57.0. The number of rotatable bonds is 3. The van der Waals surface area contributed by atoms with Crippen LogP contribution in [-0.2, 0) is 20.9 Å². The zero-order chi connectivity index (χ0) is 24.9. The second-order valence-electron chi connectivity index (χ2n) is 10.8. The van der Waals surface area contributed by atoms with Crippen LogP contribution in [0.5, 0.6) is 0 Å². The minimum atomic E-state index is -0.594. The first-order chi connectivity index (χ1) is 16.6. The molecule has 1 atom stereocenters. The van der Waals surface area contributed by atoms with Crippen LogP contribution >= 0.6 is 0 Å². The first-order valence-electron chi connectivity index (χ1n) is 12.3. The molecule has 0 bridgehead atoms. The quantitative estimate of drug-likeness (QED) is 0.645. The van der Waals surface area contributed by atoms with E-state index in [9.17, 15) is 19.2 Å². The van der Waals surface area contributed by atoms with Gasteiger partial charge in [0.25, 0.3) is 5.91 Å². The van der Waals surface area contributed by atoms with Gasteiger partial charge in [-0.2, -0.15) is 0 Å². The first kappa shape index (κ1) is 23.6. The summed E-state index contributed by atoms with van der Waals surface area (Å²) in [5.41, 5.74) is 2.15. The highest BCUT2D eigenvalue weighted by Gasteiger charge is 2.40. The van der Waals surface area contributed by atoms with E-state index in [0.717, 1.165) is 37.4 Å².